The highest BCUT2D eigenvalue weighted by molar-refractivity contribution is 5.77. The van der Waals surface area contributed by atoms with E-state index in [0.717, 1.165) is 0 Å². The van der Waals surface area contributed by atoms with Crippen LogP contribution in [0.3, 0.4) is 0 Å². The highest BCUT2D eigenvalue weighted by Gasteiger charge is 2.24. The molecule has 0 aromatic heterocycles. The Balaban J connectivity index is 2.10. The number of nitrogens with zero attached hydrogens (tertiary/aromatic N) is 1. The summed E-state index contributed by atoms with van der Waals surface area (Å²) in [4.78, 5) is 13.0. The lowest BCUT2D eigenvalue weighted by atomic mass is 9.96. The average Bonchev–Trinajstić information content (AvgIpc) is 2.33. The zero-order valence-corrected chi connectivity index (χ0v) is 9.53. The first-order valence-electron chi connectivity index (χ1n) is 5.68. The van der Waals surface area contributed by atoms with Crippen LogP contribution in [0.5, 0.6) is 0 Å². The molecule has 2 rings (SSSR count). The van der Waals surface area contributed by atoms with Crippen LogP contribution in [0, 0.1) is 11.7 Å². The summed E-state index contributed by atoms with van der Waals surface area (Å²) in [6.45, 7) is 1.36. The Hall–Kier alpha value is -1.78. The molecular formula is C12H16FN3O. The van der Waals surface area contributed by atoms with Crippen LogP contribution in [0.2, 0.25) is 0 Å². The molecule has 4 N–H and O–H groups in total. The van der Waals surface area contributed by atoms with Crippen molar-refractivity contribution in [3.63, 3.8) is 0 Å². The molecule has 1 aromatic carbocycles. The van der Waals surface area contributed by atoms with Crippen molar-refractivity contribution in [1.29, 1.82) is 0 Å². The standard InChI is InChI=1S/C12H16FN3O/c13-9-2-1-3-10(11(9)14)16-6-4-8(5-7-16)12(15)17/h1-3,8H,4-7,14H2,(H2,15,17). The van der Waals surface area contributed by atoms with Gasteiger partial charge in [0.2, 0.25) is 5.91 Å². The number of nitrogen functional groups attached to an aromatic ring is 1. The summed E-state index contributed by atoms with van der Waals surface area (Å²) in [6, 6.07) is 4.78. The maximum absolute atomic E-state index is 13.3. The van der Waals surface area contributed by atoms with E-state index in [9.17, 15) is 9.18 Å². The SMILES string of the molecule is NC(=O)C1CCN(c2cccc(F)c2N)CC1. The second kappa shape index (κ2) is 4.61. The Kier molecular flexibility index (Phi) is 3.17. The Bertz CT molecular complexity index is 428. The molecular weight excluding hydrogens is 221 g/mol. The lowest BCUT2D eigenvalue weighted by molar-refractivity contribution is -0.122. The van der Waals surface area contributed by atoms with Crippen molar-refractivity contribution >= 4 is 17.3 Å². The van der Waals surface area contributed by atoms with Gasteiger partial charge in [-0.1, -0.05) is 6.07 Å². The monoisotopic (exact) mass is 237 g/mol. The molecule has 0 atom stereocenters. The van der Waals surface area contributed by atoms with Crippen molar-refractivity contribution in [3.05, 3.63) is 24.0 Å². The predicted molar refractivity (Wildman–Crippen MR) is 64.9 cm³/mol. The summed E-state index contributed by atoms with van der Waals surface area (Å²) in [7, 11) is 0. The molecule has 0 bridgehead atoms. The molecule has 0 radical (unpaired) electrons. The van der Waals surface area contributed by atoms with Crippen LogP contribution < -0.4 is 16.4 Å². The van der Waals surface area contributed by atoms with Gasteiger partial charge in [-0.2, -0.15) is 0 Å². The van der Waals surface area contributed by atoms with E-state index in [1.165, 1.54) is 6.07 Å². The highest BCUT2D eigenvalue weighted by Crippen LogP contribution is 2.29. The van der Waals surface area contributed by atoms with Crippen LogP contribution in [0.4, 0.5) is 15.8 Å². The molecule has 5 heteroatoms. The second-order valence-electron chi connectivity index (χ2n) is 4.34. The molecule has 1 saturated heterocycles. The smallest absolute Gasteiger partial charge is 0.220 e. The number of rotatable bonds is 2. The van der Waals surface area contributed by atoms with E-state index in [-0.39, 0.29) is 17.5 Å². The van der Waals surface area contributed by atoms with E-state index in [4.69, 9.17) is 11.5 Å². The summed E-state index contributed by atoms with van der Waals surface area (Å²) in [6.07, 6.45) is 1.40. The van der Waals surface area contributed by atoms with Gasteiger partial charge in [-0.3, -0.25) is 4.79 Å². The Morgan fingerprint density at radius 3 is 2.59 bits per heavy atom. The topological polar surface area (TPSA) is 72.4 Å². The molecule has 17 heavy (non-hydrogen) atoms. The lowest BCUT2D eigenvalue weighted by Crippen LogP contribution is -2.38. The Labute approximate surface area is 99.4 Å². The highest BCUT2D eigenvalue weighted by atomic mass is 19.1. The van der Waals surface area contributed by atoms with Crippen LogP contribution >= 0.6 is 0 Å². The van der Waals surface area contributed by atoms with Gasteiger partial charge in [0.1, 0.15) is 5.82 Å². The first-order chi connectivity index (χ1) is 8.09. The van der Waals surface area contributed by atoms with E-state index >= 15 is 0 Å². The van der Waals surface area contributed by atoms with Crippen molar-refractivity contribution in [2.24, 2.45) is 11.7 Å². The normalized spacial score (nSPS) is 17.1. The lowest BCUT2D eigenvalue weighted by Gasteiger charge is -2.33. The average molecular weight is 237 g/mol. The number of carbonyl (C=O) groups excluding carboxylic acids is 1. The maximum atomic E-state index is 13.3. The summed E-state index contributed by atoms with van der Waals surface area (Å²) in [5, 5.41) is 0. The largest absolute Gasteiger partial charge is 0.395 e. The van der Waals surface area contributed by atoms with Gasteiger partial charge in [0.25, 0.3) is 0 Å². The van der Waals surface area contributed by atoms with Crippen molar-refractivity contribution in [2.75, 3.05) is 23.7 Å². The molecule has 92 valence electrons. The molecule has 1 aliphatic rings. The second-order valence-corrected chi connectivity index (χ2v) is 4.34. The van der Waals surface area contributed by atoms with Gasteiger partial charge in [-0.15, -0.1) is 0 Å². The fourth-order valence-corrected chi connectivity index (χ4v) is 2.21. The van der Waals surface area contributed by atoms with Gasteiger partial charge in [0.05, 0.1) is 11.4 Å². The van der Waals surface area contributed by atoms with Gasteiger partial charge in [-0.25, -0.2) is 4.39 Å². The molecule has 0 saturated carbocycles. The minimum atomic E-state index is -0.403. The third-order valence-corrected chi connectivity index (χ3v) is 3.27. The van der Waals surface area contributed by atoms with Crippen molar-refractivity contribution in [3.8, 4) is 0 Å². The first kappa shape index (κ1) is 11.7. The molecule has 1 fully saturated rings. The summed E-state index contributed by atoms with van der Waals surface area (Å²) in [5.74, 6) is -0.725. The number of halogens is 1. The van der Waals surface area contributed by atoms with Gasteiger partial charge in [-0.05, 0) is 25.0 Å². The van der Waals surface area contributed by atoms with Gasteiger partial charge in [0.15, 0.2) is 0 Å². The minimum Gasteiger partial charge on any atom is -0.395 e. The Morgan fingerprint density at radius 1 is 1.35 bits per heavy atom. The number of primary amides is 1. The van der Waals surface area contributed by atoms with Gasteiger partial charge >= 0.3 is 0 Å². The summed E-state index contributed by atoms with van der Waals surface area (Å²) in [5.41, 5.74) is 11.8. The van der Waals surface area contributed by atoms with Gasteiger partial charge < -0.3 is 16.4 Å². The first-order valence-corrected chi connectivity index (χ1v) is 5.68. The molecule has 1 amide bonds. The van der Waals surface area contributed by atoms with E-state index in [2.05, 4.69) is 0 Å². The number of para-hydroxylation sites is 1. The van der Waals surface area contributed by atoms with Crippen LogP contribution in [0.1, 0.15) is 12.8 Å². The van der Waals surface area contributed by atoms with E-state index in [1.54, 1.807) is 12.1 Å². The molecule has 4 nitrogen and oxygen atoms in total. The number of nitrogens with two attached hydrogens (primary N) is 2. The van der Waals surface area contributed by atoms with E-state index < -0.39 is 5.82 Å². The number of hydrogen-bond donors (Lipinski definition) is 2. The minimum absolute atomic E-state index is 0.0685. The Morgan fingerprint density at radius 2 is 2.00 bits per heavy atom. The van der Waals surface area contributed by atoms with Crippen molar-refractivity contribution < 1.29 is 9.18 Å². The quantitative estimate of drug-likeness (QED) is 0.757. The zero-order chi connectivity index (χ0) is 12.4. The molecule has 0 aliphatic carbocycles. The fraction of sp³-hybridized carbons (Fsp3) is 0.417. The van der Waals surface area contributed by atoms with Crippen molar-refractivity contribution in [1.82, 2.24) is 0 Å². The predicted octanol–water partition coefficient (Wildman–Crippen LogP) is 1.11. The van der Waals surface area contributed by atoms with Gasteiger partial charge in [0, 0.05) is 19.0 Å². The van der Waals surface area contributed by atoms with Crippen molar-refractivity contribution in [2.45, 2.75) is 12.8 Å². The zero-order valence-electron chi connectivity index (χ0n) is 9.53. The number of amides is 1. The molecule has 0 spiro atoms. The number of piperidine rings is 1. The van der Waals surface area contributed by atoms with E-state index in [0.29, 0.717) is 31.6 Å². The fourth-order valence-electron chi connectivity index (χ4n) is 2.21. The molecule has 1 aliphatic heterocycles. The maximum Gasteiger partial charge on any atom is 0.220 e. The molecule has 1 aromatic rings. The number of carbonyl (C=O) groups is 1. The number of hydrogen-bond acceptors (Lipinski definition) is 3. The summed E-state index contributed by atoms with van der Waals surface area (Å²) >= 11 is 0. The van der Waals surface area contributed by atoms with E-state index in [1.807, 2.05) is 4.90 Å². The number of anilines is 2. The van der Waals surface area contributed by atoms with Crippen LogP contribution in [0.15, 0.2) is 18.2 Å². The van der Waals surface area contributed by atoms with Crippen LogP contribution in [0.25, 0.3) is 0 Å². The van der Waals surface area contributed by atoms with Crippen LogP contribution in [-0.2, 0) is 4.79 Å². The molecule has 1 heterocycles. The number of benzene rings is 1. The third-order valence-electron chi connectivity index (χ3n) is 3.27. The molecule has 0 unspecified atom stereocenters. The van der Waals surface area contributed by atoms with Crippen LogP contribution in [-0.4, -0.2) is 19.0 Å². The third kappa shape index (κ3) is 2.33. The summed E-state index contributed by atoms with van der Waals surface area (Å²) < 4.78 is 13.3.